The van der Waals surface area contributed by atoms with Crippen molar-refractivity contribution in [2.45, 2.75) is 57.3 Å². The Balaban J connectivity index is 1.72. The molecule has 4 aliphatic carbocycles. The lowest BCUT2D eigenvalue weighted by molar-refractivity contribution is -0.00527. The summed E-state index contributed by atoms with van der Waals surface area (Å²) < 4.78 is 0. The van der Waals surface area contributed by atoms with Gasteiger partial charge in [-0.1, -0.05) is 6.92 Å². The number of aryl methyl sites for hydroxylation is 1. The van der Waals surface area contributed by atoms with E-state index < -0.39 is 0 Å². The highest BCUT2D eigenvalue weighted by atomic mass is 32.1. The monoisotopic (exact) mass is 247 g/mol. The Morgan fingerprint density at radius 2 is 1.76 bits per heavy atom. The van der Waals surface area contributed by atoms with Gasteiger partial charge in [0.05, 0.1) is 5.01 Å². The van der Waals surface area contributed by atoms with Crippen molar-refractivity contribution in [1.29, 1.82) is 0 Å². The van der Waals surface area contributed by atoms with Crippen LogP contribution in [0.5, 0.6) is 0 Å². The van der Waals surface area contributed by atoms with Crippen LogP contribution in [0.25, 0.3) is 0 Å². The van der Waals surface area contributed by atoms with Gasteiger partial charge in [0.25, 0.3) is 0 Å². The first-order valence-electron chi connectivity index (χ1n) is 7.22. The summed E-state index contributed by atoms with van der Waals surface area (Å²) >= 11 is 2.01. The first-order valence-corrected chi connectivity index (χ1v) is 8.04. The topological polar surface area (TPSA) is 12.9 Å². The molecular weight excluding hydrogens is 226 g/mol. The minimum absolute atomic E-state index is 0.521. The molecular formula is C15H21NS. The van der Waals surface area contributed by atoms with Crippen LogP contribution in [-0.4, -0.2) is 4.98 Å². The minimum Gasteiger partial charge on any atom is -0.249 e. The van der Waals surface area contributed by atoms with Crippen molar-refractivity contribution >= 4 is 11.3 Å². The second kappa shape index (κ2) is 3.57. The normalized spacial score (nSPS) is 43.2. The van der Waals surface area contributed by atoms with E-state index in [-0.39, 0.29) is 0 Å². The molecule has 92 valence electrons. The Hall–Kier alpha value is -0.370. The van der Waals surface area contributed by atoms with Gasteiger partial charge in [-0.15, -0.1) is 11.3 Å². The predicted octanol–water partition coefficient (Wildman–Crippen LogP) is 4.17. The third-order valence-corrected chi connectivity index (χ3v) is 6.78. The lowest BCUT2D eigenvalue weighted by atomic mass is 9.50. The van der Waals surface area contributed by atoms with E-state index in [0.29, 0.717) is 5.41 Å². The van der Waals surface area contributed by atoms with Crippen molar-refractivity contribution in [3.63, 3.8) is 0 Å². The van der Waals surface area contributed by atoms with Crippen LogP contribution in [0.1, 0.15) is 55.3 Å². The lowest BCUT2D eigenvalue weighted by Crippen LogP contribution is -2.48. The highest BCUT2D eigenvalue weighted by molar-refractivity contribution is 7.11. The number of hydrogen-bond acceptors (Lipinski definition) is 2. The van der Waals surface area contributed by atoms with Crippen LogP contribution in [0.3, 0.4) is 0 Å². The second-order valence-electron chi connectivity index (χ2n) is 6.68. The van der Waals surface area contributed by atoms with Gasteiger partial charge in [-0.05, 0) is 62.7 Å². The van der Waals surface area contributed by atoms with Crippen molar-refractivity contribution in [2.75, 3.05) is 0 Å². The van der Waals surface area contributed by atoms with E-state index in [1.54, 1.807) is 0 Å². The average Bonchev–Trinajstić information content (AvgIpc) is 2.76. The van der Waals surface area contributed by atoms with Crippen LogP contribution in [0.15, 0.2) is 6.20 Å². The molecule has 0 N–H and O–H groups in total. The first kappa shape index (κ1) is 10.5. The van der Waals surface area contributed by atoms with Gasteiger partial charge in [0, 0.05) is 16.5 Å². The number of hydrogen-bond donors (Lipinski definition) is 0. The highest BCUT2D eigenvalue weighted by Gasteiger charge is 2.52. The molecule has 17 heavy (non-hydrogen) atoms. The summed E-state index contributed by atoms with van der Waals surface area (Å²) in [5.41, 5.74) is 0.521. The van der Waals surface area contributed by atoms with E-state index in [1.807, 2.05) is 11.3 Å². The largest absolute Gasteiger partial charge is 0.249 e. The summed E-state index contributed by atoms with van der Waals surface area (Å²) in [6.07, 6.45) is 12.3. The summed E-state index contributed by atoms with van der Waals surface area (Å²) in [5, 5.41) is 1.49. The average molecular weight is 247 g/mol. The maximum absolute atomic E-state index is 4.80. The van der Waals surface area contributed by atoms with E-state index in [0.717, 1.165) is 24.2 Å². The van der Waals surface area contributed by atoms with Crippen LogP contribution in [0.4, 0.5) is 0 Å². The summed E-state index contributed by atoms with van der Waals surface area (Å²) in [5.74, 6) is 3.11. The van der Waals surface area contributed by atoms with Gasteiger partial charge in [-0.25, -0.2) is 4.98 Å². The molecule has 1 aromatic heterocycles. The Morgan fingerprint density at radius 3 is 2.24 bits per heavy atom. The third-order valence-electron chi connectivity index (χ3n) is 5.39. The second-order valence-corrected chi connectivity index (χ2v) is 7.80. The Morgan fingerprint density at radius 1 is 1.18 bits per heavy atom. The molecule has 0 unspecified atom stereocenters. The zero-order valence-electron chi connectivity index (χ0n) is 10.6. The maximum Gasteiger partial charge on any atom is 0.0989 e. The maximum atomic E-state index is 4.80. The zero-order valence-corrected chi connectivity index (χ0v) is 11.4. The van der Waals surface area contributed by atoms with Crippen molar-refractivity contribution in [2.24, 2.45) is 17.8 Å². The van der Waals surface area contributed by atoms with Crippen LogP contribution in [-0.2, 0) is 11.8 Å². The standard InChI is InChI=1S/C15H21NS/c1-2-13-9-16-14(17-13)15-6-10-3-11(7-15)5-12(4-10)8-15/h9-12H,2-8H2,1H3. The van der Waals surface area contributed by atoms with E-state index >= 15 is 0 Å². The van der Waals surface area contributed by atoms with Gasteiger partial charge in [0.2, 0.25) is 0 Å². The molecule has 1 aromatic rings. The number of nitrogens with zero attached hydrogens (tertiary/aromatic N) is 1. The quantitative estimate of drug-likeness (QED) is 0.764. The van der Waals surface area contributed by atoms with Crippen molar-refractivity contribution in [1.82, 2.24) is 4.98 Å². The first-order chi connectivity index (χ1) is 8.27. The van der Waals surface area contributed by atoms with E-state index in [9.17, 15) is 0 Å². The van der Waals surface area contributed by atoms with Gasteiger partial charge >= 0.3 is 0 Å². The summed E-state index contributed by atoms with van der Waals surface area (Å²) in [7, 11) is 0. The van der Waals surface area contributed by atoms with Crippen LogP contribution >= 0.6 is 11.3 Å². The van der Waals surface area contributed by atoms with Crippen molar-refractivity contribution in [3.8, 4) is 0 Å². The van der Waals surface area contributed by atoms with Crippen molar-refractivity contribution < 1.29 is 0 Å². The molecule has 1 nitrogen and oxygen atoms in total. The highest BCUT2D eigenvalue weighted by Crippen LogP contribution is 2.61. The van der Waals surface area contributed by atoms with Gasteiger partial charge < -0.3 is 0 Å². The molecule has 0 saturated heterocycles. The minimum atomic E-state index is 0.521. The molecule has 4 saturated carbocycles. The predicted molar refractivity (Wildman–Crippen MR) is 71.3 cm³/mol. The van der Waals surface area contributed by atoms with Crippen LogP contribution < -0.4 is 0 Å². The molecule has 0 amide bonds. The van der Waals surface area contributed by atoms with Gasteiger partial charge in [0.15, 0.2) is 0 Å². The molecule has 0 radical (unpaired) electrons. The fraction of sp³-hybridized carbons (Fsp3) is 0.800. The smallest absolute Gasteiger partial charge is 0.0989 e. The Labute approximate surface area is 108 Å². The molecule has 4 aliphatic rings. The molecule has 4 bridgehead atoms. The van der Waals surface area contributed by atoms with Gasteiger partial charge in [0.1, 0.15) is 0 Å². The van der Waals surface area contributed by atoms with Crippen LogP contribution in [0, 0.1) is 17.8 Å². The van der Waals surface area contributed by atoms with E-state index in [4.69, 9.17) is 4.98 Å². The third kappa shape index (κ3) is 1.53. The lowest BCUT2D eigenvalue weighted by Gasteiger charge is -2.56. The summed E-state index contributed by atoms with van der Waals surface area (Å²) in [4.78, 5) is 6.28. The zero-order chi connectivity index (χ0) is 11.5. The Bertz CT molecular complexity index is 399. The molecule has 1 heterocycles. The number of aromatic nitrogens is 1. The van der Waals surface area contributed by atoms with Gasteiger partial charge in [-0.2, -0.15) is 0 Å². The molecule has 0 aliphatic heterocycles. The molecule has 4 fully saturated rings. The van der Waals surface area contributed by atoms with E-state index in [2.05, 4.69) is 13.1 Å². The van der Waals surface area contributed by atoms with E-state index in [1.165, 1.54) is 48.4 Å². The molecule has 2 heteroatoms. The summed E-state index contributed by atoms with van der Waals surface area (Å²) in [6.45, 7) is 2.25. The fourth-order valence-corrected chi connectivity index (χ4v) is 6.16. The number of rotatable bonds is 2. The SMILES string of the molecule is CCc1cnc(C23CC4CC(CC(C4)C2)C3)s1. The summed E-state index contributed by atoms with van der Waals surface area (Å²) in [6, 6.07) is 0. The molecule has 0 spiro atoms. The number of thiazole rings is 1. The fourth-order valence-electron chi connectivity index (χ4n) is 5.09. The van der Waals surface area contributed by atoms with Crippen molar-refractivity contribution in [3.05, 3.63) is 16.1 Å². The van der Waals surface area contributed by atoms with Crippen LogP contribution in [0.2, 0.25) is 0 Å². The molecule has 0 atom stereocenters. The Kier molecular flexibility index (Phi) is 2.21. The van der Waals surface area contributed by atoms with Gasteiger partial charge in [-0.3, -0.25) is 0 Å². The molecule has 5 rings (SSSR count). The molecule has 0 aromatic carbocycles.